The third-order valence-electron chi connectivity index (χ3n) is 4.78. The first kappa shape index (κ1) is 25.8. The first-order valence-corrected chi connectivity index (χ1v) is 11.6. The summed E-state index contributed by atoms with van der Waals surface area (Å²) in [6.45, 7) is 5.42. The van der Waals surface area contributed by atoms with Crippen molar-refractivity contribution in [1.29, 1.82) is 0 Å². The first-order valence-electron chi connectivity index (χ1n) is 10.8. The maximum absolute atomic E-state index is 12.9. The third-order valence-corrected chi connectivity index (χ3v) is 5.79. The Morgan fingerprint density at radius 3 is 2.12 bits per heavy atom. The smallest absolute Gasteiger partial charge is 0.334 e. The second kappa shape index (κ2) is 11.5. The van der Waals surface area contributed by atoms with E-state index in [0.29, 0.717) is 24.3 Å². The van der Waals surface area contributed by atoms with Crippen molar-refractivity contribution >= 4 is 35.0 Å². The Hall–Kier alpha value is -2.85. The molecule has 180 valence electrons. The number of ether oxygens (including phenoxy) is 2. The summed E-state index contributed by atoms with van der Waals surface area (Å²) in [6, 6.07) is 13.9. The number of nitrogens with zero attached hydrogens (tertiary/aromatic N) is 1. The summed E-state index contributed by atoms with van der Waals surface area (Å²) in [5, 5.41) is 13.6. The van der Waals surface area contributed by atoms with E-state index in [9.17, 15) is 19.5 Å². The summed E-state index contributed by atoms with van der Waals surface area (Å²) in [4.78, 5) is 43.1. The van der Waals surface area contributed by atoms with E-state index in [1.807, 2.05) is 0 Å². The highest BCUT2D eigenvalue weighted by Gasteiger charge is 2.25. The number of hydrogen-bond acceptors (Lipinski definition) is 9. The van der Waals surface area contributed by atoms with E-state index >= 15 is 0 Å². The molecule has 1 atom stereocenters. The van der Waals surface area contributed by atoms with Crippen LogP contribution in [0, 0.1) is 0 Å². The van der Waals surface area contributed by atoms with Crippen molar-refractivity contribution in [2.75, 3.05) is 19.8 Å². The topological polar surface area (TPSA) is 115 Å². The van der Waals surface area contributed by atoms with Crippen LogP contribution in [0.5, 0.6) is 0 Å². The number of aliphatic hydroxyl groups is 1. The van der Waals surface area contributed by atoms with Gasteiger partial charge in [-0.15, -0.1) is 0 Å². The fraction of sp³-hybridized carbons (Fsp3) is 0.360. The second-order valence-electron chi connectivity index (χ2n) is 8.19. The molecule has 1 unspecified atom stereocenters. The van der Waals surface area contributed by atoms with Crippen LogP contribution in [0.2, 0.25) is 0 Å². The van der Waals surface area contributed by atoms with Gasteiger partial charge in [0, 0.05) is 27.3 Å². The van der Waals surface area contributed by atoms with Gasteiger partial charge in [-0.25, -0.2) is 4.79 Å². The van der Waals surface area contributed by atoms with E-state index in [-0.39, 0.29) is 30.6 Å². The standard InChI is InChI=1S/C25H27NO7S/c1-4-22(27)33-26-21(15-31-13-18-14-32-18)23(28)16-5-9-19(10-6-16)34-20-11-7-17(8-12-20)24(29)25(2,3)30/h5-12,18,30H,4,13-15H2,1-3H3/b26-21+. The quantitative estimate of drug-likeness (QED) is 0.159. The van der Waals surface area contributed by atoms with Gasteiger partial charge in [0.05, 0.1) is 19.8 Å². The average molecular weight is 486 g/mol. The fourth-order valence-corrected chi connectivity index (χ4v) is 3.58. The Kier molecular flexibility index (Phi) is 8.73. The zero-order valence-corrected chi connectivity index (χ0v) is 20.1. The number of rotatable bonds is 12. The molecule has 1 aliphatic heterocycles. The predicted octanol–water partition coefficient (Wildman–Crippen LogP) is 3.70. The zero-order valence-electron chi connectivity index (χ0n) is 19.3. The highest BCUT2D eigenvalue weighted by Crippen LogP contribution is 2.28. The van der Waals surface area contributed by atoms with E-state index < -0.39 is 17.4 Å². The average Bonchev–Trinajstić information content (AvgIpc) is 3.65. The summed E-state index contributed by atoms with van der Waals surface area (Å²) in [5.74, 6) is -1.29. The Morgan fingerprint density at radius 2 is 1.62 bits per heavy atom. The molecule has 0 bridgehead atoms. The molecule has 1 N–H and O–H groups in total. The number of epoxide rings is 1. The van der Waals surface area contributed by atoms with E-state index in [4.69, 9.17) is 14.3 Å². The molecule has 1 aliphatic rings. The first-order chi connectivity index (χ1) is 16.2. The Bertz CT molecular complexity index is 1050. The van der Waals surface area contributed by atoms with Gasteiger partial charge in [-0.1, -0.05) is 36.0 Å². The van der Waals surface area contributed by atoms with Crippen molar-refractivity contribution in [3.05, 3.63) is 59.7 Å². The summed E-state index contributed by atoms with van der Waals surface area (Å²) >= 11 is 1.46. The van der Waals surface area contributed by atoms with Crippen LogP contribution in [-0.4, -0.2) is 59.9 Å². The van der Waals surface area contributed by atoms with Crippen molar-refractivity contribution in [1.82, 2.24) is 0 Å². The molecule has 0 amide bonds. The molecule has 8 nitrogen and oxygen atoms in total. The number of hydrogen-bond donors (Lipinski definition) is 1. The van der Waals surface area contributed by atoms with Gasteiger partial charge in [0.2, 0.25) is 5.78 Å². The van der Waals surface area contributed by atoms with Crippen LogP contribution < -0.4 is 0 Å². The highest BCUT2D eigenvalue weighted by molar-refractivity contribution is 7.99. The third kappa shape index (κ3) is 7.59. The summed E-state index contributed by atoms with van der Waals surface area (Å²) in [7, 11) is 0. The molecular weight excluding hydrogens is 458 g/mol. The lowest BCUT2D eigenvalue weighted by Crippen LogP contribution is -2.30. The number of benzene rings is 2. The fourth-order valence-electron chi connectivity index (χ4n) is 2.76. The monoisotopic (exact) mass is 485 g/mol. The Balaban J connectivity index is 1.65. The highest BCUT2D eigenvalue weighted by atomic mass is 32.2. The van der Waals surface area contributed by atoms with Crippen LogP contribution >= 0.6 is 11.8 Å². The van der Waals surface area contributed by atoms with Gasteiger partial charge < -0.3 is 19.4 Å². The summed E-state index contributed by atoms with van der Waals surface area (Å²) in [6.07, 6.45) is 0.175. The Morgan fingerprint density at radius 1 is 1.06 bits per heavy atom. The van der Waals surface area contributed by atoms with E-state index in [1.165, 1.54) is 25.6 Å². The van der Waals surface area contributed by atoms with Crippen molar-refractivity contribution < 1.29 is 33.8 Å². The Labute approximate surface area is 202 Å². The van der Waals surface area contributed by atoms with Gasteiger partial charge in [0.15, 0.2) is 11.5 Å². The van der Waals surface area contributed by atoms with Crippen LogP contribution in [0.4, 0.5) is 0 Å². The normalized spacial score (nSPS) is 15.6. The molecule has 3 rings (SSSR count). The summed E-state index contributed by atoms with van der Waals surface area (Å²) in [5.41, 5.74) is -0.614. The molecule has 0 saturated carbocycles. The van der Waals surface area contributed by atoms with Crippen LogP contribution in [0.15, 0.2) is 63.5 Å². The van der Waals surface area contributed by atoms with Crippen molar-refractivity contribution in [3.63, 3.8) is 0 Å². The predicted molar refractivity (Wildman–Crippen MR) is 126 cm³/mol. The molecule has 2 aromatic carbocycles. The molecule has 1 saturated heterocycles. The summed E-state index contributed by atoms with van der Waals surface area (Å²) < 4.78 is 10.5. The number of Topliss-reactive ketones (excluding diaryl/α,β-unsaturated/α-hetero) is 2. The van der Waals surface area contributed by atoms with Crippen LogP contribution in [0.1, 0.15) is 47.9 Å². The van der Waals surface area contributed by atoms with Gasteiger partial charge in [-0.2, -0.15) is 0 Å². The molecule has 1 fully saturated rings. The largest absolute Gasteiger partial charge is 0.382 e. The molecule has 1 heterocycles. The minimum atomic E-state index is -1.43. The van der Waals surface area contributed by atoms with Gasteiger partial charge in [-0.3, -0.25) is 9.59 Å². The van der Waals surface area contributed by atoms with E-state index in [0.717, 1.165) is 9.79 Å². The maximum atomic E-state index is 12.9. The van der Waals surface area contributed by atoms with Crippen molar-refractivity contribution in [2.24, 2.45) is 5.16 Å². The molecule has 9 heteroatoms. The lowest BCUT2D eigenvalue weighted by atomic mass is 9.97. The van der Waals surface area contributed by atoms with Crippen LogP contribution in [0.25, 0.3) is 0 Å². The second-order valence-corrected chi connectivity index (χ2v) is 9.34. The lowest BCUT2D eigenvalue weighted by molar-refractivity contribution is -0.143. The number of oxime groups is 1. The zero-order chi connectivity index (χ0) is 24.7. The van der Waals surface area contributed by atoms with Gasteiger partial charge in [0.25, 0.3) is 0 Å². The minimum absolute atomic E-state index is 0.00471. The van der Waals surface area contributed by atoms with Crippen LogP contribution in [0.3, 0.4) is 0 Å². The maximum Gasteiger partial charge on any atom is 0.334 e. The molecule has 2 aromatic rings. The minimum Gasteiger partial charge on any atom is -0.382 e. The lowest BCUT2D eigenvalue weighted by Gasteiger charge is -2.15. The van der Waals surface area contributed by atoms with E-state index in [2.05, 4.69) is 5.16 Å². The number of ketones is 2. The molecule has 0 aliphatic carbocycles. The van der Waals surface area contributed by atoms with Gasteiger partial charge >= 0.3 is 5.97 Å². The van der Waals surface area contributed by atoms with Gasteiger partial charge in [0.1, 0.15) is 11.7 Å². The molecular formula is C25H27NO7S. The molecule has 34 heavy (non-hydrogen) atoms. The number of carbonyl (C=O) groups excluding carboxylic acids is 3. The SMILES string of the molecule is CCC(=O)O/N=C(\COCC1CO1)C(=O)c1ccc(Sc2ccc(C(=O)C(C)(C)O)cc2)cc1. The van der Waals surface area contributed by atoms with E-state index in [1.54, 1.807) is 55.5 Å². The van der Waals surface area contributed by atoms with Crippen molar-refractivity contribution in [3.8, 4) is 0 Å². The molecule has 0 radical (unpaired) electrons. The van der Waals surface area contributed by atoms with Gasteiger partial charge in [-0.05, 0) is 50.2 Å². The van der Waals surface area contributed by atoms with Crippen LogP contribution in [-0.2, 0) is 19.1 Å². The molecule has 0 aromatic heterocycles. The molecule has 0 spiro atoms. The number of carbonyl (C=O) groups is 3. The van der Waals surface area contributed by atoms with Crippen molar-refractivity contribution in [2.45, 2.75) is 48.7 Å².